The minimum Gasteiger partial charge on any atom is -0.383 e. The Morgan fingerprint density at radius 1 is 1.19 bits per heavy atom. The molecule has 0 N–H and O–H groups in total. The van der Waals surface area contributed by atoms with E-state index in [1.165, 1.54) is 11.1 Å². The SMILES string of the molecule is COCC(C)N1C2C=CC1c1ccccc12. The van der Waals surface area contributed by atoms with E-state index in [-0.39, 0.29) is 0 Å². The van der Waals surface area contributed by atoms with Gasteiger partial charge in [-0.15, -0.1) is 0 Å². The Morgan fingerprint density at radius 3 is 2.25 bits per heavy atom. The van der Waals surface area contributed by atoms with Gasteiger partial charge in [-0.2, -0.15) is 0 Å². The van der Waals surface area contributed by atoms with E-state index in [2.05, 4.69) is 48.2 Å². The second-order valence-corrected chi connectivity index (χ2v) is 4.66. The summed E-state index contributed by atoms with van der Waals surface area (Å²) >= 11 is 0. The maximum Gasteiger partial charge on any atom is 0.0616 e. The number of ether oxygens (including phenoxy) is 1. The van der Waals surface area contributed by atoms with Gasteiger partial charge in [-0.25, -0.2) is 0 Å². The van der Waals surface area contributed by atoms with Crippen molar-refractivity contribution in [2.45, 2.75) is 25.0 Å². The lowest BCUT2D eigenvalue weighted by molar-refractivity contribution is 0.0826. The molecule has 2 aliphatic rings. The number of hydrogen-bond acceptors (Lipinski definition) is 2. The molecule has 0 aromatic heterocycles. The van der Waals surface area contributed by atoms with E-state index in [0.29, 0.717) is 18.1 Å². The summed E-state index contributed by atoms with van der Waals surface area (Å²) in [4.78, 5) is 2.54. The van der Waals surface area contributed by atoms with Crippen molar-refractivity contribution in [2.24, 2.45) is 0 Å². The molecule has 3 rings (SSSR count). The Morgan fingerprint density at radius 2 is 1.75 bits per heavy atom. The summed E-state index contributed by atoms with van der Waals surface area (Å²) in [5, 5.41) is 0. The Labute approximate surface area is 96.5 Å². The molecule has 0 spiro atoms. The van der Waals surface area contributed by atoms with Crippen LogP contribution in [0.4, 0.5) is 0 Å². The third-order valence-electron chi connectivity index (χ3n) is 3.67. The van der Waals surface area contributed by atoms with Gasteiger partial charge >= 0.3 is 0 Å². The van der Waals surface area contributed by atoms with Crippen LogP contribution < -0.4 is 0 Å². The Hall–Kier alpha value is -1.12. The summed E-state index contributed by atoms with van der Waals surface area (Å²) in [6.45, 7) is 3.03. The van der Waals surface area contributed by atoms with Crippen molar-refractivity contribution < 1.29 is 4.74 Å². The molecule has 0 radical (unpaired) electrons. The molecular formula is C14H17NO. The van der Waals surface area contributed by atoms with Crippen LogP contribution in [-0.4, -0.2) is 24.7 Å². The van der Waals surface area contributed by atoms with Crippen molar-refractivity contribution in [3.8, 4) is 0 Å². The number of hydrogen-bond donors (Lipinski definition) is 0. The van der Waals surface area contributed by atoms with Crippen LogP contribution in [0.1, 0.15) is 30.1 Å². The summed E-state index contributed by atoms with van der Waals surface area (Å²) in [5.41, 5.74) is 2.94. The van der Waals surface area contributed by atoms with E-state index < -0.39 is 0 Å². The van der Waals surface area contributed by atoms with Gasteiger partial charge in [0.15, 0.2) is 0 Å². The fourth-order valence-electron chi connectivity index (χ4n) is 3.04. The molecule has 0 fully saturated rings. The van der Waals surface area contributed by atoms with Gasteiger partial charge in [0.05, 0.1) is 18.7 Å². The number of rotatable bonds is 3. The van der Waals surface area contributed by atoms with Crippen LogP contribution in [0.2, 0.25) is 0 Å². The van der Waals surface area contributed by atoms with Crippen LogP contribution in [0.25, 0.3) is 0 Å². The van der Waals surface area contributed by atoms with Crippen molar-refractivity contribution in [1.29, 1.82) is 0 Å². The smallest absolute Gasteiger partial charge is 0.0616 e. The average molecular weight is 215 g/mol. The third-order valence-corrected chi connectivity index (χ3v) is 3.67. The van der Waals surface area contributed by atoms with E-state index in [0.717, 1.165) is 6.61 Å². The third kappa shape index (κ3) is 1.27. The normalized spacial score (nSPS) is 28.4. The van der Waals surface area contributed by atoms with Crippen LogP contribution in [0.3, 0.4) is 0 Å². The van der Waals surface area contributed by atoms with Crippen molar-refractivity contribution >= 4 is 0 Å². The predicted octanol–water partition coefficient (Wildman–Crippen LogP) is 2.69. The van der Waals surface area contributed by atoms with Gasteiger partial charge in [0, 0.05) is 13.2 Å². The molecule has 0 saturated heterocycles. The zero-order valence-corrected chi connectivity index (χ0v) is 9.76. The zero-order chi connectivity index (χ0) is 11.1. The van der Waals surface area contributed by atoms with Crippen LogP contribution >= 0.6 is 0 Å². The lowest BCUT2D eigenvalue weighted by Crippen LogP contribution is -2.34. The highest BCUT2D eigenvalue weighted by Crippen LogP contribution is 2.49. The highest BCUT2D eigenvalue weighted by Gasteiger charge is 2.41. The number of nitrogens with zero attached hydrogens (tertiary/aromatic N) is 1. The maximum atomic E-state index is 5.27. The molecule has 1 aromatic rings. The van der Waals surface area contributed by atoms with E-state index >= 15 is 0 Å². The monoisotopic (exact) mass is 215 g/mol. The highest BCUT2D eigenvalue weighted by molar-refractivity contribution is 5.46. The molecule has 2 heteroatoms. The number of fused-ring (bicyclic) bond motifs is 5. The Balaban J connectivity index is 1.94. The molecule has 1 aromatic carbocycles. The quantitative estimate of drug-likeness (QED) is 0.719. The van der Waals surface area contributed by atoms with Gasteiger partial charge in [-0.3, -0.25) is 4.90 Å². The minimum absolute atomic E-state index is 0.461. The molecule has 0 aliphatic carbocycles. The van der Waals surface area contributed by atoms with Gasteiger partial charge < -0.3 is 4.74 Å². The molecule has 2 bridgehead atoms. The largest absolute Gasteiger partial charge is 0.383 e. The highest BCUT2D eigenvalue weighted by atomic mass is 16.5. The van der Waals surface area contributed by atoms with Crippen molar-refractivity contribution in [3.05, 3.63) is 47.5 Å². The van der Waals surface area contributed by atoms with Gasteiger partial charge in [0.2, 0.25) is 0 Å². The Kier molecular flexibility index (Phi) is 2.34. The molecule has 2 heterocycles. The van der Waals surface area contributed by atoms with Gasteiger partial charge in [-0.1, -0.05) is 36.4 Å². The lowest BCUT2D eigenvalue weighted by Gasteiger charge is -2.28. The number of benzene rings is 1. The van der Waals surface area contributed by atoms with E-state index in [1.807, 2.05) is 0 Å². The predicted molar refractivity (Wildman–Crippen MR) is 64.2 cm³/mol. The van der Waals surface area contributed by atoms with Crippen LogP contribution in [-0.2, 0) is 4.74 Å². The van der Waals surface area contributed by atoms with Gasteiger partial charge in [-0.05, 0) is 18.1 Å². The standard InChI is InChI=1S/C14H17NO/c1-10(9-16-2)15-13-7-8-14(15)12-6-4-3-5-11(12)13/h3-8,10,13-14H,9H2,1-2H3. The fourth-order valence-corrected chi connectivity index (χ4v) is 3.04. The molecule has 2 nitrogen and oxygen atoms in total. The first-order chi connectivity index (χ1) is 7.83. The fraction of sp³-hybridized carbons (Fsp3) is 0.429. The van der Waals surface area contributed by atoms with E-state index in [1.54, 1.807) is 7.11 Å². The molecule has 2 aliphatic heterocycles. The second-order valence-electron chi connectivity index (χ2n) is 4.66. The van der Waals surface area contributed by atoms with Crippen molar-refractivity contribution in [2.75, 3.05) is 13.7 Å². The van der Waals surface area contributed by atoms with Crippen LogP contribution in [0, 0.1) is 0 Å². The lowest BCUT2D eigenvalue weighted by atomic mass is 9.97. The van der Waals surface area contributed by atoms with Crippen LogP contribution in [0.15, 0.2) is 36.4 Å². The summed E-state index contributed by atoms with van der Waals surface area (Å²) in [7, 11) is 1.77. The second kappa shape index (κ2) is 3.72. The van der Waals surface area contributed by atoms with Crippen molar-refractivity contribution in [3.63, 3.8) is 0 Å². The molecule has 3 atom stereocenters. The first-order valence-corrected chi connectivity index (χ1v) is 5.86. The summed E-state index contributed by atoms with van der Waals surface area (Å²) in [6.07, 6.45) is 4.64. The summed E-state index contributed by atoms with van der Waals surface area (Å²) in [6, 6.07) is 10.1. The van der Waals surface area contributed by atoms with E-state index in [9.17, 15) is 0 Å². The molecule has 0 amide bonds. The van der Waals surface area contributed by atoms with Crippen LogP contribution in [0.5, 0.6) is 0 Å². The Bertz CT molecular complexity index is 393. The summed E-state index contributed by atoms with van der Waals surface area (Å²) in [5.74, 6) is 0. The van der Waals surface area contributed by atoms with E-state index in [4.69, 9.17) is 4.74 Å². The number of methoxy groups -OCH3 is 1. The first kappa shape index (κ1) is 10.1. The molecule has 16 heavy (non-hydrogen) atoms. The molecule has 0 saturated carbocycles. The topological polar surface area (TPSA) is 12.5 Å². The summed E-state index contributed by atoms with van der Waals surface area (Å²) < 4.78 is 5.27. The first-order valence-electron chi connectivity index (χ1n) is 5.86. The molecule has 3 unspecified atom stereocenters. The average Bonchev–Trinajstić information content (AvgIpc) is 2.86. The zero-order valence-electron chi connectivity index (χ0n) is 9.76. The van der Waals surface area contributed by atoms with Gasteiger partial charge in [0.1, 0.15) is 0 Å². The van der Waals surface area contributed by atoms with Gasteiger partial charge in [0.25, 0.3) is 0 Å². The maximum absolute atomic E-state index is 5.27. The molecule has 84 valence electrons. The van der Waals surface area contributed by atoms with Crippen molar-refractivity contribution in [1.82, 2.24) is 4.90 Å². The molecular weight excluding hydrogens is 198 g/mol. The minimum atomic E-state index is 0.461.